The lowest BCUT2D eigenvalue weighted by molar-refractivity contribution is -0.0348. The second-order valence-electron chi connectivity index (χ2n) is 13.7. The average molecular weight is 511 g/mol. The molecule has 210 valence electrons. The van der Waals surface area contributed by atoms with Crippen molar-refractivity contribution in [2.24, 2.45) is 41.4 Å². The van der Waals surface area contributed by atoms with Crippen LogP contribution in [-0.2, 0) is 0 Å². The molecule has 0 radical (unpaired) electrons. The van der Waals surface area contributed by atoms with Gasteiger partial charge in [-0.05, 0) is 92.8 Å². The lowest BCUT2D eigenvalue weighted by atomic mass is 9.64. The van der Waals surface area contributed by atoms with Crippen molar-refractivity contribution in [3.8, 4) is 0 Å². The molecular weight excluding hydrogens is 453 g/mol. The summed E-state index contributed by atoms with van der Waals surface area (Å²) in [6.07, 6.45) is 22.3. The van der Waals surface area contributed by atoms with Gasteiger partial charge in [0.1, 0.15) is 18.5 Å². The highest BCUT2D eigenvalue weighted by Gasteiger charge is 2.46. The van der Waals surface area contributed by atoms with Crippen LogP contribution < -0.4 is 0 Å². The van der Waals surface area contributed by atoms with E-state index in [2.05, 4.69) is 6.92 Å². The summed E-state index contributed by atoms with van der Waals surface area (Å²) in [6.45, 7) is 2.25. The van der Waals surface area contributed by atoms with Gasteiger partial charge in [0.2, 0.25) is 0 Å². The minimum Gasteiger partial charge on any atom is -0.247 e. The molecule has 7 unspecified atom stereocenters. The fourth-order valence-electron chi connectivity index (χ4n) is 9.01. The summed E-state index contributed by atoms with van der Waals surface area (Å²) in [5.74, 6) is 2.43. The third-order valence-electron chi connectivity index (χ3n) is 11.4. The molecule has 4 saturated carbocycles. The van der Waals surface area contributed by atoms with Gasteiger partial charge in [-0.2, -0.15) is 0 Å². The van der Waals surface area contributed by atoms with Crippen molar-refractivity contribution < 1.29 is 13.2 Å². The minimum atomic E-state index is -1.23. The van der Waals surface area contributed by atoms with Gasteiger partial charge < -0.3 is 0 Å². The van der Waals surface area contributed by atoms with Crippen molar-refractivity contribution in [1.82, 2.24) is 0 Å². The van der Waals surface area contributed by atoms with Gasteiger partial charge in [-0.25, -0.2) is 13.2 Å². The lowest BCUT2D eigenvalue weighted by Crippen LogP contribution is -2.44. The van der Waals surface area contributed by atoms with E-state index in [0.717, 1.165) is 70.1 Å². The van der Waals surface area contributed by atoms with Gasteiger partial charge in [0.05, 0.1) is 0 Å². The average Bonchev–Trinajstić information content (AvgIpc) is 2.90. The van der Waals surface area contributed by atoms with Crippen LogP contribution in [0.2, 0.25) is 0 Å². The summed E-state index contributed by atoms with van der Waals surface area (Å²) in [5, 5.41) is 0. The molecule has 3 heteroatoms. The van der Waals surface area contributed by atoms with Crippen molar-refractivity contribution >= 4 is 0 Å². The minimum absolute atomic E-state index is 0.0108. The van der Waals surface area contributed by atoms with E-state index in [-0.39, 0.29) is 11.8 Å². The van der Waals surface area contributed by atoms with Gasteiger partial charge in [-0.1, -0.05) is 96.8 Å². The maximum atomic E-state index is 15.3. The zero-order chi connectivity index (χ0) is 25.3. The van der Waals surface area contributed by atoms with Gasteiger partial charge in [0, 0.05) is 0 Å². The Kier molecular flexibility index (Phi) is 11.8. The summed E-state index contributed by atoms with van der Waals surface area (Å²) < 4.78 is 45.3. The molecule has 0 aromatic carbocycles. The summed E-state index contributed by atoms with van der Waals surface area (Å²) in [5.41, 5.74) is 0. The first kappa shape index (κ1) is 28.8. The number of unbranched alkanes of at least 4 members (excludes halogenated alkanes) is 3. The third kappa shape index (κ3) is 7.91. The Morgan fingerprint density at radius 3 is 1.78 bits per heavy atom. The Balaban J connectivity index is 1.10. The number of alkyl halides is 3. The Morgan fingerprint density at radius 2 is 1.14 bits per heavy atom. The Morgan fingerprint density at radius 1 is 0.528 bits per heavy atom. The van der Waals surface area contributed by atoms with E-state index in [0.29, 0.717) is 23.7 Å². The smallest absolute Gasteiger partial charge is 0.134 e. The van der Waals surface area contributed by atoms with Crippen molar-refractivity contribution in [2.45, 2.75) is 167 Å². The second-order valence-corrected chi connectivity index (χ2v) is 13.7. The van der Waals surface area contributed by atoms with E-state index in [1.807, 2.05) is 0 Å². The molecular formula is C33H57F3. The van der Waals surface area contributed by atoms with Crippen molar-refractivity contribution in [3.63, 3.8) is 0 Å². The molecule has 36 heavy (non-hydrogen) atoms. The van der Waals surface area contributed by atoms with Crippen LogP contribution in [0.1, 0.15) is 148 Å². The van der Waals surface area contributed by atoms with Crippen LogP contribution in [-0.4, -0.2) is 18.5 Å². The molecule has 0 heterocycles. The number of hydrogen-bond donors (Lipinski definition) is 0. The molecule has 0 bridgehead atoms. The normalized spacial score (nSPS) is 40.8. The molecule has 7 atom stereocenters. The molecule has 4 aliphatic rings. The Bertz CT molecular complexity index is 594. The quantitative estimate of drug-likeness (QED) is 0.242. The van der Waals surface area contributed by atoms with Crippen LogP contribution in [0.25, 0.3) is 0 Å². The molecule has 4 fully saturated rings. The summed E-state index contributed by atoms with van der Waals surface area (Å²) in [4.78, 5) is 0. The molecule has 4 rings (SSSR count). The maximum absolute atomic E-state index is 15.3. The molecule has 0 N–H and O–H groups in total. The molecule has 0 nitrogen and oxygen atoms in total. The van der Waals surface area contributed by atoms with Crippen LogP contribution in [0.3, 0.4) is 0 Å². The van der Waals surface area contributed by atoms with Gasteiger partial charge in [-0.15, -0.1) is 0 Å². The van der Waals surface area contributed by atoms with Crippen LogP contribution in [0, 0.1) is 41.4 Å². The van der Waals surface area contributed by atoms with Crippen molar-refractivity contribution in [2.75, 3.05) is 0 Å². The highest BCUT2D eigenvalue weighted by atomic mass is 19.2. The largest absolute Gasteiger partial charge is 0.247 e. The zero-order valence-electron chi connectivity index (χ0n) is 23.5. The van der Waals surface area contributed by atoms with Crippen molar-refractivity contribution in [3.05, 3.63) is 0 Å². The van der Waals surface area contributed by atoms with E-state index in [1.54, 1.807) is 0 Å². The first-order valence-electron chi connectivity index (χ1n) is 16.5. The van der Waals surface area contributed by atoms with Crippen LogP contribution >= 0.6 is 0 Å². The SMILES string of the molecule is CCCCCCC1CCC(CCCC2CCC(C3CCC(C4CCCCC4)C(F)C3F)CC2)C(F)C1. The number of rotatable bonds is 11. The van der Waals surface area contributed by atoms with Gasteiger partial charge in [0.25, 0.3) is 0 Å². The van der Waals surface area contributed by atoms with E-state index < -0.39 is 18.5 Å². The third-order valence-corrected chi connectivity index (χ3v) is 11.4. The summed E-state index contributed by atoms with van der Waals surface area (Å²) in [6, 6.07) is 0. The molecule has 0 amide bonds. The molecule has 0 aliphatic heterocycles. The van der Waals surface area contributed by atoms with Gasteiger partial charge in [0.15, 0.2) is 0 Å². The van der Waals surface area contributed by atoms with E-state index in [9.17, 15) is 4.39 Å². The van der Waals surface area contributed by atoms with E-state index in [4.69, 9.17) is 0 Å². The zero-order valence-corrected chi connectivity index (χ0v) is 23.5. The maximum Gasteiger partial charge on any atom is 0.134 e. The predicted octanol–water partition coefficient (Wildman–Crippen LogP) is 11.0. The standard InChI is InChI=1S/C33H57F3/c1-2-3-4-6-10-25-17-20-28(31(34)23-25)14-9-11-24-15-18-27(19-16-24)30-22-21-29(32(35)33(30)36)26-12-7-5-8-13-26/h24-33H,2-23H2,1H3. The molecule has 0 spiro atoms. The molecule has 0 saturated heterocycles. The predicted molar refractivity (Wildman–Crippen MR) is 146 cm³/mol. The molecule has 0 aromatic heterocycles. The van der Waals surface area contributed by atoms with Crippen LogP contribution in [0.5, 0.6) is 0 Å². The molecule has 4 aliphatic carbocycles. The Labute approximate surface area is 221 Å². The van der Waals surface area contributed by atoms with Crippen LogP contribution in [0.4, 0.5) is 13.2 Å². The summed E-state index contributed by atoms with van der Waals surface area (Å²) >= 11 is 0. The van der Waals surface area contributed by atoms with Crippen LogP contribution in [0.15, 0.2) is 0 Å². The fraction of sp³-hybridized carbons (Fsp3) is 1.00. The Hall–Kier alpha value is -0.210. The molecule has 0 aromatic rings. The van der Waals surface area contributed by atoms with Gasteiger partial charge in [-0.3, -0.25) is 0 Å². The van der Waals surface area contributed by atoms with Crippen molar-refractivity contribution in [1.29, 1.82) is 0 Å². The number of halogens is 3. The highest BCUT2D eigenvalue weighted by Crippen LogP contribution is 2.48. The first-order valence-corrected chi connectivity index (χ1v) is 16.5. The first-order chi connectivity index (χ1) is 17.6. The highest BCUT2D eigenvalue weighted by molar-refractivity contribution is 4.95. The monoisotopic (exact) mass is 510 g/mol. The van der Waals surface area contributed by atoms with Gasteiger partial charge >= 0.3 is 0 Å². The fourth-order valence-corrected chi connectivity index (χ4v) is 9.01. The summed E-state index contributed by atoms with van der Waals surface area (Å²) in [7, 11) is 0. The van der Waals surface area contributed by atoms with E-state index in [1.165, 1.54) is 77.0 Å². The lowest BCUT2D eigenvalue weighted by Gasteiger charge is -2.44. The topological polar surface area (TPSA) is 0 Å². The van der Waals surface area contributed by atoms with E-state index >= 15 is 8.78 Å². The second kappa shape index (κ2) is 14.8. The number of hydrogen-bond acceptors (Lipinski definition) is 0.